The van der Waals surface area contributed by atoms with E-state index in [-0.39, 0.29) is 12.5 Å². The second kappa shape index (κ2) is 6.26. The molecule has 1 heterocycles. The van der Waals surface area contributed by atoms with E-state index in [0.717, 1.165) is 0 Å². The van der Waals surface area contributed by atoms with Crippen LogP contribution in [0.2, 0.25) is 0 Å². The first kappa shape index (κ1) is 14.2. The van der Waals surface area contributed by atoms with Crippen molar-refractivity contribution < 1.29 is 9.53 Å². The van der Waals surface area contributed by atoms with Crippen molar-refractivity contribution in [3.63, 3.8) is 0 Å². The number of hydrogen-bond acceptors (Lipinski definition) is 3. The molecule has 0 atom stereocenters. The molecule has 0 unspecified atom stereocenters. The van der Waals surface area contributed by atoms with E-state index in [0.29, 0.717) is 22.6 Å². The van der Waals surface area contributed by atoms with Gasteiger partial charge in [-0.15, -0.1) is 11.5 Å². The minimum atomic E-state index is -0.276. The summed E-state index contributed by atoms with van der Waals surface area (Å²) in [5, 5.41) is 4.11. The maximum Gasteiger partial charge on any atom is 0.261 e. The van der Waals surface area contributed by atoms with Crippen LogP contribution >= 0.6 is 16.1 Å². The summed E-state index contributed by atoms with van der Waals surface area (Å²) in [5.74, 6) is 2.76. The smallest absolute Gasteiger partial charge is 0.261 e. The highest BCUT2D eigenvalue weighted by Gasteiger charge is 2.14. The number of rotatable bonds is 4. The van der Waals surface area contributed by atoms with E-state index in [1.807, 2.05) is 0 Å². The second-order valence-corrected chi connectivity index (χ2v) is 4.41. The highest BCUT2D eigenvalue weighted by atomic mass is 79.9. The average molecular weight is 334 g/mol. The van der Waals surface area contributed by atoms with Gasteiger partial charge >= 0.3 is 0 Å². The quantitative estimate of drug-likeness (QED) is 0.688. The number of carbonyl (C=O) groups is 1. The molecule has 2 rings (SSSR count). The summed E-state index contributed by atoms with van der Waals surface area (Å²) in [6, 6.07) is 6.93. The third-order valence-electron chi connectivity index (χ3n) is 2.72. The molecule has 6 heteroatoms. The summed E-state index contributed by atoms with van der Waals surface area (Å²) in [4.78, 5) is 11.8. The summed E-state index contributed by atoms with van der Waals surface area (Å²) in [5.41, 5.74) is 1.74. The van der Waals surface area contributed by atoms with Gasteiger partial charge in [0.25, 0.3) is 5.91 Å². The van der Waals surface area contributed by atoms with Crippen LogP contribution in [0.1, 0.15) is 21.5 Å². The maximum atomic E-state index is 11.8. The van der Waals surface area contributed by atoms with Crippen LogP contribution < -0.4 is 9.08 Å². The van der Waals surface area contributed by atoms with Crippen molar-refractivity contribution in [1.82, 2.24) is 14.1 Å². The van der Waals surface area contributed by atoms with Crippen LogP contribution in [0.15, 0.2) is 30.5 Å². The van der Waals surface area contributed by atoms with Crippen molar-refractivity contribution in [3.05, 3.63) is 47.2 Å². The standard InChI is InChI=1S/C14H12BrN3O2/c1-3-10-5-4-6-11(14(19)16-15)12(10)9-20-13-7-8-18(2)17-13/h1,4-8H,9H2,2H3,(H,16,19). The van der Waals surface area contributed by atoms with Gasteiger partial charge in [0.2, 0.25) is 5.88 Å². The molecular weight excluding hydrogens is 322 g/mol. The Balaban J connectivity index is 2.29. The third-order valence-corrected chi connectivity index (χ3v) is 3.08. The molecule has 0 spiro atoms. The van der Waals surface area contributed by atoms with Gasteiger partial charge < -0.3 is 4.74 Å². The van der Waals surface area contributed by atoms with Gasteiger partial charge in [0.1, 0.15) is 6.61 Å². The Bertz CT molecular complexity index is 673. The van der Waals surface area contributed by atoms with E-state index in [9.17, 15) is 4.79 Å². The Hall–Kier alpha value is -2.26. The SMILES string of the molecule is C#Cc1cccc(C(=O)NBr)c1COc1ccn(C)n1. The summed E-state index contributed by atoms with van der Waals surface area (Å²) >= 11 is 2.92. The molecule has 0 saturated heterocycles. The second-order valence-electron chi connectivity index (χ2n) is 4.02. The lowest BCUT2D eigenvalue weighted by Gasteiger charge is -2.10. The van der Waals surface area contributed by atoms with Crippen molar-refractivity contribution >= 4 is 22.1 Å². The molecule has 0 bridgehead atoms. The number of halogens is 1. The number of hydrogen-bond donors (Lipinski definition) is 1. The topological polar surface area (TPSA) is 56.1 Å². The number of ether oxygens (including phenoxy) is 1. The minimum Gasteiger partial charge on any atom is -0.472 e. The van der Waals surface area contributed by atoms with Crippen LogP contribution in [0.25, 0.3) is 0 Å². The molecule has 1 amide bonds. The van der Waals surface area contributed by atoms with Gasteiger partial charge in [-0.05, 0) is 12.1 Å². The molecule has 1 N–H and O–H groups in total. The number of benzene rings is 1. The average Bonchev–Trinajstić information content (AvgIpc) is 2.89. The molecule has 2 aromatic rings. The number of nitrogens with zero attached hydrogens (tertiary/aromatic N) is 2. The van der Waals surface area contributed by atoms with Gasteiger partial charge in [0.15, 0.2) is 0 Å². The predicted molar refractivity (Wildman–Crippen MR) is 78.3 cm³/mol. The van der Waals surface area contributed by atoms with E-state index < -0.39 is 0 Å². The van der Waals surface area contributed by atoms with Crippen LogP contribution in [-0.4, -0.2) is 15.7 Å². The summed E-state index contributed by atoms with van der Waals surface area (Å²) in [6.07, 6.45) is 7.24. The Morgan fingerprint density at radius 3 is 2.95 bits per heavy atom. The Labute approximate surface area is 125 Å². The first-order valence-corrected chi connectivity index (χ1v) is 6.57. The van der Waals surface area contributed by atoms with Gasteiger partial charge in [-0.3, -0.25) is 13.8 Å². The molecule has 1 aromatic heterocycles. The fourth-order valence-corrected chi connectivity index (χ4v) is 1.97. The molecule has 1 aromatic carbocycles. The first-order chi connectivity index (χ1) is 9.65. The predicted octanol–water partition coefficient (Wildman–Crippen LogP) is 2.02. The van der Waals surface area contributed by atoms with Crippen molar-refractivity contribution in [2.75, 3.05) is 0 Å². The van der Waals surface area contributed by atoms with Crippen molar-refractivity contribution in [1.29, 1.82) is 0 Å². The molecule has 5 nitrogen and oxygen atoms in total. The molecule has 0 aliphatic heterocycles. The maximum absolute atomic E-state index is 11.8. The summed E-state index contributed by atoms with van der Waals surface area (Å²) in [7, 11) is 1.80. The van der Waals surface area contributed by atoms with Crippen LogP contribution in [0.5, 0.6) is 5.88 Å². The Morgan fingerprint density at radius 2 is 2.35 bits per heavy atom. The lowest BCUT2D eigenvalue weighted by molar-refractivity contribution is 0.0984. The zero-order valence-corrected chi connectivity index (χ0v) is 12.3. The first-order valence-electron chi connectivity index (χ1n) is 5.77. The molecular formula is C14H12BrN3O2. The monoisotopic (exact) mass is 333 g/mol. The van der Waals surface area contributed by atoms with Crippen LogP contribution in [0.3, 0.4) is 0 Å². The van der Waals surface area contributed by atoms with Crippen molar-refractivity contribution in [2.45, 2.75) is 6.61 Å². The van der Waals surface area contributed by atoms with Gasteiger partial charge in [-0.1, -0.05) is 12.0 Å². The zero-order chi connectivity index (χ0) is 14.5. The molecule has 0 aliphatic rings. The number of aryl methyl sites for hydroxylation is 1. The van der Waals surface area contributed by atoms with E-state index in [4.69, 9.17) is 11.2 Å². The van der Waals surface area contributed by atoms with E-state index >= 15 is 0 Å². The van der Waals surface area contributed by atoms with Crippen LogP contribution in [0, 0.1) is 12.3 Å². The molecule has 0 aliphatic carbocycles. The van der Waals surface area contributed by atoms with Gasteiger partial charge in [0, 0.05) is 52.1 Å². The number of carbonyl (C=O) groups excluding carboxylic acids is 1. The number of aromatic nitrogens is 2. The lowest BCUT2D eigenvalue weighted by atomic mass is 10.0. The fourth-order valence-electron chi connectivity index (χ4n) is 1.76. The van der Waals surface area contributed by atoms with Crippen molar-refractivity contribution in [2.24, 2.45) is 7.05 Å². The lowest BCUT2D eigenvalue weighted by Crippen LogP contribution is -2.16. The third kappa shape index (κ3) is 3.00. The normalized spacial score (nSPS) is 9.85. The minimum absolute atomic E-state index is 0.174. The number of nitrogens with one attached hydrogen (secondary N) is 1. The van der Waals surface area contributed by atoms with Gasteiger partial charge in [0.05, 0.1) is 0 Å². The largest absolute Gasteiger partial charge is 0.472 e. The van der Waals surface area contributed by atoms with Crippen LogP contribution in [0.4, 0.5) is 0 Å². The van der Waals surface area contributed by atoms with E-state index in [2.05, 4.69) is 31.5 Å². The highest BCUT2D eigenvalue weighted by Crippen LogP contribution is 2.17. The number of amides is 1. The summed E-state index contributed by atoms with van der Waals surface area (Å²) in [6.45, 7) is 0.174. The zero-order valence-electron chi connectivity index (χ0n) is 10.8. The van der Waals surface area contributed by atoms with Crippen molar-refractivity contribution in [3.8, 4) is 18.2 Å². The molecule has 20 heavy (non-hydrogen) atoms. The Kier molecular flexibility index (Phi) is 4.43. The van der Waals surface area contributed by atoms with Crippen LogP contribution in [-0.2, 0) is 13.7 Å². The molecule has 0 saturated carbocycles. The molecule has 102 valence electrons. The fraction of sp³-hybridized carbons (Fsp3) is 0.143. The Morgan fingerprint density at radius 1 is 1.55 bits per heavy atom. The highest BCUT2D eigenvalue weighted by molar-refractivity contribution is 9.08. The van der Waals surface area contributed by atoms with Gasteiger partial charge in [-0.2, -0.15) is 0 Å². The number of terminal acetylenes is 1. The summed E-state index contributed by atoms with van der Waals surface area (Å²) < 4.78 is 9.61. The molecule has 0 radical (unpaired) electrons. The van der Waals surface area contributed by atoms with Gasteiger partial charge in [-0.25, -0.2) is 0 Å². The van der Waals surface area contributed by atoms with E-state index in [1.165, 1.54) is 0 Å². The molecule has 0 fully saturated rings. The van der Waals surface area contributed by atoms with E-state index in [1.54, 1.807) is 42.2 Å².